The van der Waals surface area contributed by atoms with E-state index in [4.69, 9.17) is 36.8 Å². The van der Waals surface area contributed by atoms with E-state index in [2.05, 4.69) is 5.16 Å². The molecule has 0 fully saturated rings. The predicted molar refractivity (Wildman–Crippen MR) is 218 cm³/mol. The second kappa shape index (κ2) is 10.3. The molecule has 13 rings (SSSR count). The van der Waals surface area contributed by atoms with Crippen molar-refractivity contribution in [2.45, 2.75) is 20.6 Å². The van der Waals surface area contributed by atoms with Gasteiger partial charge in [0.2, 0.25) is 17.3 Å². The van der Waals surface area contributed by atoms with Crippen molar-refractivity contribution in [2.75, 3.05) is 0 Å². The first-order valence-corrected chi connectivity index (χ1v) is 17.8. The quantitative estimate of drug-likeness (QED) is 0.179. The molecule has 12 heteroatoms. The van der Waals surface area contributed by atoms with Crippen molar-refractivity contribution in [3.8, 4) is 17.7 Å². The molecular weight excluding hydrogens is 699 g/mol. The molecule has 0 aliphatic heterocycles. The average molecular weight is 737 g/mol. The normalized spacial score (nSPS) is 15.6. The molecule has 266 valence electrons. The Bertz CT molecular complexity index is 4170. The molecule has 0 saturated carbocycles. The van der Waals surface area contributed by atoms with Crippen molar-refractivity contribution >= 4 is 83.5 Å². The third-order valence-electron chi connectivity index (χ3n) is 10.8. The van der Waals surface area contributed by atoms with Crippen LogP contribution in [0.1, 0.15) is 29.0 Å². The zero-order chi connectivity index (χ0) is 44.5. The summed E-state index contributed by atoms with van der Waals surface area (Å²) in [6.07, 6.45) is 0. The van der Waals surface area contributed by atoms with Crippen LogP contribution in [-0.2, 0) is 0 Å². The number of benzene rings is 6. The van der Waals surface area contributed by atoms with Crippen molar-refractivity contribution in [3.63, 3.8) is 0 Å². The van der Waals surface area contributed by atoms with Gasteiger partial charge in [-0.15, -0.1) is 0 Å². The van der Waals surface area contributed by atoms with Gasteiger partial charge in [-0.25, -0.2) is 24.1 Å². The fraction of sp³-hybridized carbons (Fsp3) is 0.0682. The lowest BCUT2D eigenvalue weighted by atomic mass is 10.1. The predicted octanol–water partition coefficient (Wildman–Crippen LogP) is 9.23. The topological polar surface area (TPSA) is 106 Å². The Morgan fingerprint density at radius 3 is 1.48 bits per heavy atom. The van der Waals surface area contributed by atoms with Gasteiger partial charge in [-0.2, -0.15) is 4.98 Å². The van der Waals surface area contributed by atoms with Crippen LogP contribution in [-0.4, -0.2) is 52.0 Å². The van der Waals surface area contributed by atoms with E-state index in [1.165, 1.54) is 0 Å². The van der Waals surface area contributed by atoms with Crippen LogP contribution < -0.4 is 0 Å². The fourth-order valence-electron chi connectivity index (χ4n) is 8.50. The number of hydrogen-bond acceptors (Lipinski definition) is 6. The van der Waals surface area contributed by atoms with Crippen LogP contribution in [0.3, 0.4) is 0 Å². The lowest BCUT2D eigenvalue weighted by Crippen LogP contribution is -1.99. The number of aromatic nitrogens is 11. The number of nitrogens with zero attached hydrogens (tertiary/aromatic N) is 11. The van der Waals surface area contributed by atoms with Gasteiger partial charge in [0.05, 0.1) is 71.9 Å². The van der Waals surface area contributed by atoms with Crippen LogP contribution in [0.5, 0.6) is 0 Å². The smallest absolute Gasteiger partial charge is 0.312 e. The summed E-state index contributed by atoms with van der Waals surface area (Å²) in [5, 5.41) is 4.46. The molecule has 7 aromatic heterocycles. The molecule has 0 bridgehead atoms. The average Bonchev–Trinajstić information content (AvgIpc) is 4.13. The number of hydrogen-bond donors (Lipinski definition) is 0. The van der Waals surface area contributed by atoms with E-state index in [0.29, 0.717) is 67.2 Å². The van der Waals surface area contributed by atoms with E-state index in [1.54, 1.807) is 39.5 Å². The van der Waals surface area contributed by atoms with Crippen molar-refractivity contribution in [2.24, 2.45) is 0 Å². The van der Waals surface area contributed by atoms with Gasteiger partial charge < -0.3 is 4.52 Å². The first kappa shape index (κ1) is 22.5. The molecule has 0 amide bonds. The zero-order valence-corrected chi connectivity index (χ0v) is 28.9. The number of fused-ring (bicyclic) bond motifs is 15. The van der Waals surface area contributed by atoms with Gasteiger partial charge >= 0.3 is 6.01 Å². The molecular formula is C44H29N11O. The molecule has 0 aliphatic carbocycles. The minimum absolute atomic E-state index is 0.0163. The van der Waals surface area contributed by atoms with E-state index in [9.17, 15) is 0 Å². The first-order chi connectivity index (χ1) is 31.2. The van der Waals surface area contributed by atoms with Crippen molar-refractivity contribution in [1.82, 2.24) is 52.0 Å². The maximum absolute atomic E-state index is 8.80. The van der Waals surface area contributed by atoms with Gasteiger partial charge in [0.1, 0.15) is 0 Å². The van der Waals surface area contributed by atoms with Gasteiger partial charge in [0.15, 0.2) is 0 Å². The van der Waals surface area contributed by atoms with Gasteiger partial charge in [0.25, 0.3) is 5.95 Å². The first-order valence-electron chi connectivity index (χ1n) is 22.3. The Labute approximate surface area is 328 Å². The van der Waals surface area contributed by atoms with Crippen LogP contribution in [0, 0.1) is 20.6 Å². The summed E-state index contributed by atoms with van der Waals surface area (Å²) in [5.41, 5.74) is 7.44. The van der Waals surface area contributed by atoms with E-state index < -0.39 is 20.6 Å². The molecule has 7 heterocycles. The maximum atomic E-state index is 8.80. The molecule has 0 aliphatic rings. The molecule has 0 spiro atoms. The summed E-state index contributed by atoms with van der Waals surface area (Å²) in [7, 11) is 0. The molecule has 13 aromatic rings. The van der Waals surface area contributed by atoms with E-state index in [1.807, 2.05) is 109 Å². The fourth-order valence-corrected chi connectivity index (χ4v) is 8.50. The molecule has 0 radical (unpaired) electrons. The third kappa shape index (κ3) is 3.60. The summed E-state index contributed by atoms with van der Waals surface area (Å²) in [6.45, 7) is -7.46. The van der Waals surface area contributed by atoms with E-state index in [0.717, 1.165) is 16.6 Å². The minimum atomic E-state index is -2.63. The summed E-state index contributed by atoms with van der Waals surface area (Å²) in [5.74, 6) is 1.18. The van der Waals surface area contributed by atoms with Crippen LogP contribution >= 0.6 is 0 Å². The number of imidazole rings is 6. The summed E-state index contributed by atoms with van der Waals surface area (Å²) < 4.78 is 92.6. The second-order valence-corrected chi connectivity index (χ2v) is 13.8. The highest BCUT2D eigenvalue weighted by Gasteiger charge is 2.26. The number of para-hydroxylation sites is 8. The lowest BCUT2D eigenvalue weighted by Gasteiger charge is -2.08. The molecule has 6 aromatic carbocycles. The standard InChI is InChI=1S/C44H29N11O/c1-24-12-10-20-34-37(24)45-41-50(28-14-4-5-15-29(28)51(34)41)27-22-26(3)39-36(23-27)53-30-16-6-8-18-32(30)54(42(53)47-39)40-48-44(56-49-40)55-33-19-9-7-17-31(33)52-35-21-11-13-25(2)38(35)46-43(52)55/h4-23H,1-3H3/i1D3,2D3,3D3. The Kier molecular flexibility index (Phi) is 4.12. The molecule has 0 saturated heterocycles. The SMILES string of the molecule is [2H]C([2H])([2H])c1cccc2c1nc1n(-c3cc(C([2H])([2H])[2H])c4nc5n(-c6noc(-n7c8ccccc8n8c9cccc(C([2H])([2H])[2H])c9nc78)n6)c6ccccc6n5c4c3)c3ccccc3n21. The number of aryl methyl sites for hydroxylation is 3. The summed E-state index contributed by atoms with van der Waals surface area (Å²) >= 11 is 0. The highest BCUT2D eigenvalue weighted by Crippen LogP contribution is 2.36. The molecule has 12 nitrogen and oxygen atoms in total. The van der Waals surface area contributed by atoms with Gasteiger partial charge in [-0.1, -0.05) is 60.7 Å². The molecule has 0 N–H and O–H groups in total. The highest BCUT2D eigenvalue weighted by molar-refractivity contribution is 5.97. The Morgan fingerprint density at radius 1 is 0.429 bits per heavy atom. The van der Waals surface area contributed by atoms with Gasteiger partial charge in [0, 0.05) is 12.3 Å². The van der Waals surface area contributed by atoms with Gasteiger partial charge in [-0.05, 0) is 103 Å². The minimum Gasteiger partial charge on any atom is -0.312 e. The van der Waals surface area contributed by atoms with E-state index >= 15 is 0 Å². The Morgan fingerprint density at radius 2 is 0.893 bits per heavy atom. The van der Waals surface area contributed by atoms with Crippen LogP contribution in [0.4, 0.5) is 0 Å². The largest absolute Gasteiger partial charge is 0.337 e. The maximum Gasteiger partial charge on any atom is 0.337 e. The Hall–Kier alpha value is -7.73. The zero-order valence-electron chi connectivity index (χ0n) is 37.9. The number of rotatable bonds is 3. The summed E-state index contributed by atoms with van der Waals surface area (Å²) in [4.78, 5) is 19.7. The van der Waals surface area contributed by atoms with E-state index in [-0.39, 0.29) is 34.2 Å². The van der Waals surface area contributed by atoms with Crippen molar-refractivity contribution in [3.05, 3.63) is 138 Å². The van der Waals surface area contributed by atoms with Crippen molar-refractivity contribution < 1.29 is 16.9 Å². The summed E-state index contributed by atoms with van der Waals surface area (Å²) in [6, 6.07) is 36.3. The van der Waals surface area contributed by atoms with Crippen LogP contribution in [0.15, 0.2) is 126 Å². The lowest BCUT2D eigenvalue weighted by molar-refractivity contribution is 0.404. The molecule has 0 atom stereocenters. The molecule has 56 heavy (non-hydrogen) atoms. The molecule has 0 unspecified atom stereocenters. The van der Waals surface area contributed by atoms with Crippen LogP contribution in [0.25, 0.3) is 101 Å². The van der Waals surface area contributed by atoms with Crippen LogP contribution in [0.2, 0.25) is 0 Å². The highest BCUT2D eigenvalue weighted by atomic mass is 16.5. The third-order valence-corrected chi connectivity index (χ3v) is 10.8. The van der Waals surface area contributed by atoms with Crippen molar-refractivity contribution in [1.29, 1.82) is 0 Å². The Balaban J connectivity index is 1.07. The monoisotopic (exact) mass is 736 g/mol. The van der Waals surface area contributed by atoms with Gasteiger partial charge in [-0.3, -0.25) is 17.8 Å². The second-order valence-electron chi connectivity index (χ2n) is 13.8.